The van der Waals surface area contributed by atoms with E-state index in [1.807, 2.05) is 12.1 Å². The van der Waals surface area contributed by atoms with Crippen molar-refractivity contribution in [2.24, 2.45) is 5.92 Å². The SMILES string of the molecule is CC(C)CNCc1ccc(COC2CCCCC2)o1. The largest absolute Gasteiger partial charge is 0.462 e. The van der Waals surface area contributed by atoms with Crippen molar-refractivity contribution in [1.82, 2.24) is 5.32 Å². The van der Waals surface area contributed by atoms with Crippen LogP contribution in [0.2, 0.25) is 0 Å². The molecule has 3 nitrogen and oxygen atoms in total. The minimum absolute atomic E-state index is 0.446. The minimum Gasteiger partial charge on any atom is -0.462 e. The van der Waals surface area contributed by atoms with Crippen molar-refractivity contribution < 1.29 is 9.15 Å². The zero-order valence-electron chi connectivity index (χ0n) is 12.3. The second-order valence-electron chi connectivity index (χ2n) is 5.96. The fourth-order valence-electron chi connectivity index (χ4n) is 2.51. The van der Waals surface area contributed by atoms with E-state index >= 15 is 0 Å². The van der Waals surface area contributed by atoms with Gasteiger partial charge in [0.1, 0.15) is 18.1 Å². The van der Waals surface area contributed by atoms with Gasteiger partial charge in [-0.25, -0.2) is 0 Å². The molecular weight excluding hydrogens is 238 g/mol. The van der Waals surface area contributed by atoms with Crippen molar-refractivity contribution in [3.63, 3.8) is 0 Å². The molecule has 1 heterocycles. The fourth-order valence-corrected chi connectivity index (χ4v) is 2.51. The molecule has 3 heteroatoms. The maximum absolute atomic E-state index is 5.91. The smallest absolute Gasteiger partial charge is 0.129 e. The third-order valence-corrected chi connectivity index (χ3v) is 3.58. The van der Waals surface area contributed by atoms with Crippen LogP contribution in [0.3, 0.4) is 0 Å². The highest BCUT2D eigenvalue weighted by Gasteiger charge is 2.14. The molecule has 1 aliphatic carbocycles. The van der Waals surface area contributed by atoms with Gasteiger partial charge in [0.15, 0.2) is 0 Å². The lowest BCUT2D eigenvalue weighted by atomic mass is 9.98. The lowest BCUT2D eigenvalue weighted by Gasteiger charge is -2.21. The van der Waals surface area contributed by atoms with Crippen LogP contribution >= 0.6 is 0 Å². The summed E-state index contributed by atoms with van der Waals surface area (Å²) in [4.78, 5) is 0. The zero-order chi connectivity index (χ0) is 13.5. The highest BCUT2D eigenvalue weighted by Crippen LogP contribution is 2.21. The molecule has 108 valence electrons. The molecule has 19 heavy (non-hydrogen) atoms. The number of rotatable bonds is 7. The van der Waals surface area contributed by atoms with Gasteiger partial charge in [0, 0.05) is 0 Å². The van der Waals surface area contributed by atoms with Gasteiger partial charge in [-0.3, -0.25) is 0 Å². The fraction of sp³-hybridized carbons (Fsp3) is 0.750. The summed E-state index contributed by atoms with van der Waals surface area (Å²) in [6.07, 6.45) is 6.86. The Bertz CT molecular complexity index is 353. The molecule has 1 saturated carbocycles. The zero-order valence-corrected chi connectivity index (χ0v) is 12.3. The van der Waals surface area contributed by atoms with Crippen LogP contribution < -0.4 is 5.32 Å². The monoisotopic (exact) mass is 265 g/mol. The third-order valence-electron chi connectivity index (χ3n) is 3.58. The van der Waals surface area contributed by atoms with E-state index < -0.39 is 0 Å². The summed E-state index contributed by atoms with van der Waals surface area (Å²) >= 11 is 0. The third kappa shape index (κ3) is 5.37. The summed E-state index contributed by atoms with van der Waals surface area (Å²) in [5.74, 6) is 2.62. The summed E-state index contributed by atoms with van der Waals surface area (Å²) in [5, 5.41) is 3.39. The van der Waals surface area contributed by atoms with Gasteiger partial charge in [0.25, 0.3) is 0 Å². The first-order chi connectivity index (χ1) is 9.24. The van der Waals surface area contributed by atoms with Crippen LogP contribution in [0.25, 0.3) is 0 Å². The van der Waals surface area contributed by atoms with Crippen LogP contribution in [0.15, 0.2) is 16.5 Å². The van der Waals surface area contributed by atoms with E-state index in [4.69, 9.17) is 9.15 Å². The van der Waals surface area contributed by atoms with E-state index in [-0.39, 0.29) is 0 Å². The number of nitrogens with one attached hydrogen (secondary N) is 1. The van der Waals surface area contributed by atoms with Crippen LogP contribution in [0.1, 0.15) is 57.5 Å². The molecule has 0 aromatic carbocycles. The number of furan rings is 1. The van der Waals surface area contributed by atoms with Crippen LogP contribution in [0, 0.1) is 5.92 Å². The molecule has 0 radical (unpaired) electrons. The average molecular weight is 265 g/mol. The summed E-state index contributed by atoms with van der Waals surface area (Å²) in [7, 11) is 0. The summed E-state index contributed by atoms with van der Waals surface area (Å²) in [6, 6.07) is 4.09. The van der Waals surface area contributed by atoms with Gasteiger partial charge >= 0.3 is 0 Å². The van der Waals surface area contributed by atoms with Gasteiger partial charge in [0.2, 0.25) is 0 Å². The lowest BCUT2D eigenvalue weighted by Crippen LogP contribution is -2.18. The standard InChI is InChI=1S/C16H27NO2/c1-13(2)10-17-11-15-8-9-16(19-15)12-18-14-6-4-3-5-7-14/h8-9,13-14,17H,3-7,10-12H2,1-2H3. The highest BCUT2D eigenvalue weighted by atomic mass is 16.5. The Kier molecular flexibility index (Phi) is 5.93. The first-order valence-corrected chi connectivity index (χ1v) is 7.64. The van der Waals surface area contributed by atoms with Gasteiger partial charge in [-0.15, -0.1) is 0 Å². The molecule has 0 amide bonds. The van der Waals surface area contributed by atoms with Crippen LogP contribution in [-0.2, 0) is 17.9 Å². The lowest BCUT2D eigenvalue weighted by molar-refractivity contribution is 0.00835. The Balaban J connectivity index is 1.68. The van der Waals surface area contributed by atoms with Crippen LogP contribution in [0.5, 0.6) is 0 Å². The molecule has 1 aromatic heterocycles. The van der Waals surface area contributed by atoms with Gasteiger partial charge in [-0.05, 0) is 37.4 Å². The van der Waals surface area contributed by atoms with Gasteiger partial charge in [-0.2, -0.15) is 0 Å². The number of hydrogen-bond donors (Lipinski definition) is 1. The molecular formula is C16H27NO2. The quantitative estimate of drug-likeness (QED) is 0.812. The Morgan fingerprint density at radius 2 is 1.95 bits per heavy atom. The van der Waals surface area contributed by atoms with Crippen LogP contribution in [-0.4, -0.2) is 12.6 Å². The number of ether oxygens (including phenoxy) is 1. The first-order valence-electron chi connectivity index (χ1n) is 7.64. The predicted molar refractivity (Wildman–Crippen MR) is 76.9 cm³/mol. The van der Waals surface area contributed by atoms with E-state index in [1.54, 1.807) is 0 Å². The van der Waals surface area contributed by atoms with Gasteiger partial charge < -0.3 is 14.5 Å². The maximum atomic E-state index is 5.91. The van der Waals surface area contributed by atoms with E-state index in [9.17, 15) is 0 Å². The predicted octanol–water partition coefficient (Wildman–Crippen LogP) is 3.87. The van der Waals surface area contributed by atoms with Crippen LogP contribution in [0.4, 0.5) is 0 Å². The minimum atomic E-state index is 0.446. The number of hydrogen-bond acceptors (Lipinski definition) is 3. The van der Waals surface area contributed by atoms with E-state index in [0.717, 1.165) is 24.6 Å². The molecule has 0 unspecified atom stereocenters. The average Bonchev–Trinajstić information content (AvgIpc) is 2.85. The molecule has 1 aromatic rings. The second kappa shape index (κ2) is 7.71. The molecule has 1 fully saturated rings. The van der Waals surface area contributed by atoms with Crippen molar-refractivity contribution in [3.05, 3.63) is 23.7 Å². The van der Waals surface area contributed by atoms with Crippen molar-refractivity contribution in [3.8, 4) is 0 Å². The Labute approximate surface area is 116 Å². The van der Waals surface area contributed by atoms with E-state index in [0.29, 0.717) is 18.6 Å². The van der Waals surface area contributed by atoms with Crippen molar-refractivity contribution in [2.45, 2.75) is 65.2 Å². The molecule has 0 atom stereocenters. The highest BCUT2D eigenvalue weighted by molar-refractivity contribution is 5.06. The van der Waals surface area contributed by atoms with Gasteiger partial charge in [-0.1, -0.05) is 33.1 Å². The Hall–Kier alpha value is -0.800. The second-order valence-corrected chi connectivity index (χ2v) is 5.96. The summed E-state index contributed by atoms with van der Waals surface area (Å²) < 4.78 is 11.7. The molecule has 0 aliphatic heterocycles. The van der Waals surface area contributed by atoms with E-state index in [2.05, 4.69) is 19.2 Å². The molecule has 2 rings (SSSR count). The van der Waals surface area contributed by atoms with Gasteiger partial charge in [0.05, 0.1) is 12.6 Å². The molecule has 0 bridgehead atoms. The Morgan fingerprint density at radius 3 is 2.68 bits per heavy atom. The molecule has 0 saturated heterocycles. The Morgan fingerprint density at radius 1 is 1.21 bits per heavy atom. The molecule has 1 N–H and O–H groups in total. The normalized spacial score (nSPS) is 17.2. The van der Waals surface area contributed by atoms with Crippen molar-refractivity contribution in [1.29, 1.82) is 0 Å². The topological polar surface area (TPSA) is 34.4 Å². The first kappa shape index (κ1) is 14.6. The summed E-state index contributed by atoms with van der Waals surface area (Å²) in [6.45, 7) is 6.86. The van der Waals surface area contributed by atoms with E-state index in [1.165, 1.54) is 32.1 Å². The maximum Gasteiger partial charge on any atom is 0.129 e. The van der Waals surface area contributed by atoms with Crippen molar-refractivity contribution in [2.75, 3.05) is 6.54 Å². The molecule has 0 spiro atoms. The summed E-state index contributed by atoms with van der Waals surface area (Å²) in [5.41, 5.74) is 0. The van der Waals surface area contributed by atoms with Crippen molar-refractivity contribution >= 4 is 0 Å². The molecule has 1 aliphatic rings.